The Kier molecular flexibility index (Phi) is 4.09. The van der Waals surface area contributed by atoms with Gasteiger partial charge in [0.1, 0.15) is 5.78 Å². The molecule has 0 aliphatic rings. The summed E-state index contributed by atoms with van der Waals surface area (Å²) in [5, 5.41) is 0. The Balaban J connectivity index is 2.46. The lowest BCUT2D eigenvalue weighted by Gasteiger charge is -1.98. The minimum absolute atomic E-state index is 0.296. The van der Waals surface area contributed by atoms with E-state index >= 15 is 0 Å². The van der Waals surface area contributed by atoms with Crippen molar-refractivity contribution in [3.8, 4) is 0 Å². The maximum absolute atomic E-state index is 11.0. The first-order chi connectivity index (χ1) is 6.22. The molecular formula is C10H12BrNO. The van der Waals surface area contributed by atoms with Crippen molar-refractivity contribution >= 4 is 21.7 Å². The van der Waals surface area contributed by atoms with Crippen LogP contribution in [0, 0.1) is 0 Å². The van der Waals surface area contributed by atoms with E-state index in [0.29, 0.717) is 18.6 Å². The lowest BCUT2D eigenvalue weighted by atomic mass is 10.1. The Bertz CT molecular complexity index is 281. The van der Waals surface area contributed by atoms with E-state index in [1.54, 1.807) is 6.20 Å². The maximum Gasteiger partial charge on any atom is 0.133 e. The Morgan fingerprint density at radius 1 is 1.54 bits per heavy atom. The molecule has 70 valence electrons. The SMILES string of the molecule is CCC(=O)CCc1ccc(Br)cn1. The highest BCUT2D eigenvalue weighted by Crippen LogP contribution is 2.08. The predicted molar refractivity (Wildman–Crippen MR) is 55.6 cm³/mol. The van der Waals surface area contributed by atoms with Crippen LogP contribution in [0.25, 0.3) is 0 Å². The molecule has 0 fully saturated rings. The molecule has 0 atom stereocenters. The van der Waals surface area contributed by atoms with Gasteiger partial charge in [-0.3, -0.25) is 9.78 Å². The molecular weight excluding hydrogens is 230 g/mol. The summed E-state index contributed by atoms with van der Waals surface area (Å²) in [6.45, 7) is 1.89. The Morgan fingerprint density at radius 3 is 2.85 bits per heavy atom. The lowest BCUT2D eigenvalue weighted by Crippen LogP contribution is -1.98. The molecule has 3 heteroatoms. The van der Waals surface area contributed by atoms with Crippen LogP contribution in [0.1, 0.15) is 25.5 Å². The second kappa shape index (κ2) is 5.12. The van der Waals surface area contributed by atoms with Crippen LogP contribution in [0.5, 0.6) is 0 Å². The number of Topliss-reactive ketones (excluding diaryl/α,β-unsaturated/α-hetero) is 1. The van der Waals surface area contributed by atoms with Gasteiger partial charge >= 0.3 is 0 Å². The Morgan fingerprint density at radius 2 is 2.31 bits per heavy atom. The van der Waals surface area contributed by atoms with Crippen molar-refractivity contribution in [2.75, 3.05) is 0 Å². The molecule has 0 saturated carbocycles. The number of rotatable bonds is 4. The zero-order valence-electron chi connectivity index (χ0n) is 7.59. The van der Waals surface area contributed by atoms with Gasteiger partial charge in [0.2, 0.25) is 0 Å². The molecule has 0 spiro atoms. The molecule has 0 radical (unpaired) electrons. The summed E-state index contributed by atoms with van der Waals surface area (Å²) >= 11 is 3.31. The third-order valence-electron chi connectivity index (χ3n) is 1.84. The monoisotopic (exact) mass is 241 g/mol. The summed E-state index contributed by atoms with van der Waals surface area (Å²) in [6, 6.07) is 3.88. The van der Waals surface area contributed by atoms with Crippen LogP contribution in [0.2, 0.25) is 0 Å². The minimum atomic E-state index is 0.296. The van der Waals surface area contributed by atoms with Crippen molar-refractivity contribution in [1.82, 2.24) is 4.98 Å². The molecule has 1 aromatic rings. The number of aryl methyl sites for hydroxylation is 1. The standard InChI is InChI=1S/C10H12BrNO/c1-2-10(13)6-5-9-4-3-8(11)7-12-9/h3-4,7H,2,5-6H2,1H3. The predicted octanol–water partition coefficient (Wildman–Crippen LogP) is 2.76. The zero-order chi connectivity index (χ0) is 9.68. The summed E-state index contributed by atoms with van der Waals surface area (Å²) in [5.74, 6) is 0.296. The fraction of sp³-hybridized carbons (Fsp3) is 0.400. The van der Waals surface area contributed by atoms with E-state index < -0.39 is 0 Å². The molecule has 0 amide bonds. The molecule has 0 aliphatic heterocycles. The van der Waals surface area contributed by atoms with Gasteiger partial charge in [0.25, 0.3) is 0 Å². The van der Waals surface area contributed by atoms with Gasteiger partial charge in [-0.2, -0.15) is 0 Å². The van der Waals surface area contributed by atoms with Gasteiger partial charge in [0.15, 0.2) is 0 Å². The number of hydrogen-bond donors (Lipinski definition) is 0. The first-order valence-electron chi connectivity index (χ1n) is 4.34. The maximum atomic E-state index is 11.0. The van der Waals surface area contributed by atoms with Gasteiger partial charge in [-0.1, -0.05) is 6.92 Å². The highest BCUT2D eigenvalue weighted by Gasteiger charge is 2.00. The third-order valence-corrected chi connectivity index (χ3v) is 2.31. The molecule has 0 unspecified atom stereocenters. The van der Waals surface area contributed by atoms with E-state index in [1.807, 2.05) is 19.1 Å². The molecule has 1 rings (SSSR count). The molecule has 1 heterocycles. The van der Waals surface area contributed by atoms with Gasteiger partial charge < -0.3 is 0 Å². The van der Waals surface area contributed by atoms with E-state index in [0.717, 1.165) is 16.6 Å². The number of carbonyl (C=O) groups is 1. The van der Waals surface area contributed by atoms with Crippen LogP contribution in [0.4, 0.5) is 0 Å². The smallest absolute Gasteiger partial charge is 0.133 e. The number of aromatic nitrogens is 1. The van der Waals surface area contributed by atoms with Crippen molar-refractivity contribution in [1.29, 1.82) is 0 Å². The summed E-state index contributed by atoms with van der Waals surface area (Å²) in [4.78, 5) is 15.2. The molecule has 0 bridgehead atoms. The quantitative estimate of drug-likeness (QED) is 0.812. The minimum Gasteiger partial charge on any atom is -0.300 e. The van der Waals surface area contributed by atoms with Gasteiger partial charge in [-0.05, 0) is 34.5 Å². The lowest BCUT2D eigenvalue weighted by molar-refractivity contribution is -0.118. The van der Waals surface area contributed by atoms with E-state index in [9.17, 15) is 4.79 Å². The van der Waals surface area contributed by atoms with E-state index in [1.165, 1.54) is 0 Å². The van der Waals surface area contributed by atoms with Gasteiger partial charge in [-0.15, -0.1) is 0 Å². The molecule has 0 aliphatic carbocycles. The molecule has 0 N–H and O–H groups in total. The molecule has 0 saturated heterocycles. The number of hydrogen-bond acceptors (Lipinski definition) is 2. The van der Waals surface area contributed by atoms with Crippen molar-refractivity contribution < 1.29 is 4.79 Å². The molecule has 0 aromatic carbocycles. The van der Waals surface area contributed by atoms with Gasteiger partial charge in [0.05, 0.1) is 0 Å². The number of ketones is 1. The van der Waals surface area contributed by atoms with Crippen molar-refractivity contribution in [2.24, 2.45) is 0 Å². The van der Waals surface area contributed by atoms with Crippen LogP contribution >= 0.6 is 15.9 Å². The Labute approximate surface area is 86.5 Å². The average molecular weight is 242 g/mol. The van der Waals surface area contributed by atoms with Crippen LogP contribution in [0.15, 0.2) is 22.8 Å². The van der Waals surface area contributed by atoms with Crippen LogP contribution < -0.4 is 0 Å². The highest BCUT2D eigenvalue weighted by molar-refractivity contribution is 9.10. The first kappa shape index (κ1) is 10.4. The van der Waals surface area contributed by atoms with Crippen LogP contribution in [-0.2, 0) is 11.2 Å². The van der Waals surface area contributed by atoms with Crippen LogP contribution in [0.3, 0.4) is 0 Å². The number of carbonyl (C=O) groups excluding carboxylic acids is 1. The second-order valence-electron chi connectivity index (χ2n) is 2.86. The molecule has 2 nitrogen and oxygen atoms in total. The zero-order valence-corrected chi connectivity index (χ0v) is 9.17. The summed E-state index contributed by atoms with van der Waals surface area (Å²) in [5.41, 5.74) is 0.977. The topological polar surface area (TPSA) is 30.0 Å². The van der Waals surface area contributed by atoms with Gasteiger partial charge in [0, 0.05) is 29.2 Å². The largest absolute Gasteiger partial charge is 0.300 e. The second-order valence-corrected chi connectivity index (χ2v) is 3.78. The normalized spacial score (nSPS) is 10.0. The van der Waals surface area contributed by atoms with Crippen molar-refractivity contribution in [3.63, 3.8) is 0 Å². The van der Waals surface area contributed by atoms with E-state index in [4.69, 9.17) is 0 Å². The van der Waals surface area contributed by atoms with Crippen molar-refractivity contribution in [2.45, 2.75) is 26.2 Å². The fourth-order valence-electron chi connectivity index (χ4n) is 0.999. The number of pyridine rings is 1. The number of nitrogens with zero attached hydrogens (tertiary/aromatic N) is 1. The molecule has 13 heavy (non-hydrogen) atoms. The van der Waals surface area contributed by atoms with Crippen LogP contribution in [-0.4, -0.2) is 10.8 Å². The average Bonchev–Trinajstić information content (AvgIpc) is 2.16. The summed E-state index contributed by atoms with van der Waals surface area (Å²) < 4.78 is 0.970. The highest BCUT2D eigenvalue weighted by atomic mass is 79.9. The van der Waals surface area contributed by atoms with E-state index in [2.05, 4.69) is 20.9 Å². The summed E-state index contributed by atoms with van der Waals surface area (Å²) in [6.07, 6.45) is 3.73. The third kappa shape index (κ3) is 3.68. The molecule has 1 aromatic heterocycles. The Hall–Kier alpha value is -0.700. The van der Waals surface area contributed by atoms with E-state index in [-0.39, 0.29) is 0 Å². The fourth-order valence-corrected chi connectivity index (χ4v) is 1.23. The summed E-state index contributed by atoms with van der Waals surface area (Å²) in [7, 11) is 0. The van der Waals surface area contributed by atoms with Crippen molar-refractivity contribution in [3.05, 3.63) is 28.5 Å². The number of halogens is 1. The first-order valence-corrected chi connectivity index (χ1v) is 5.14. The van der Waals surface area contributed by atoms with Gasteiger partial charge in [-0.25, -0.2) is 0 Å².